The van der Waals surface area contributed by atoms with Gasteiger partial charge in [0.1, 0.15) is 19.7 Å². The lowest BCUT2D eigenvalue weighted by Crippen LogP contribution is -2.41. The Morgan fingerprint density at radius 3 is 2.35 bits per heavy atom. The van der Waals surface area contributed by atoms with Gasteiger partial charge in [0.25, 0.3) is 0 Å². The molecule has 11 heteroatoms. The molecule has 1 N–H and O–H groups in total. The average Bonchev–Trinajstić information content (AvgIpc) is 2.85. The number of pyridine rings is 1. The predicted octanol–water partition coefficient (Wildman–Crippen LogP) is 1.58. The minimum absolute atomic E-state index is 0.101. The van der Waals surface area contributed by atoms with Crippen LogP contribution in [-0.2, 0) is 36.8 Å². The lowest BCUT2D eigenvalue weighted by molar-refractivity contribution is -0.149. The highest BCUT2D eigenvalue weighted by Gasteiger charge is 2.16. The molecule has 0 saturated carbocycles. The van der Waals surface area contributed by atoms with E-state index in [0.717, 1.165) is 16.2 Å². The molecule has 3 amide bonds. The maximum Gasteiger partial charge on any atom is 0.412 e. The van der Waals surface area contributed by atoms with Gasteiger partial charge in [0.2, 0.25) is 12.7 Å². The quantitative estimate of drug-likeness (QED) is 0.386. The van der Waals surface area contributed by atoms with Gasteiger partial charge >= 0.3 is 18.2 Å². The van der Waals surface area contributed by atoms with Crippen LogP contribution in [0.15, 0.2) is 54.7 Å². The van der Waals surface area contributed by atoms with Crippen molar-refractivity contribution in [3.63, 3.8) is 0 Å². The van der Waals surface area contributed by atoms with E-state index in [4.69, 9.17) is 14.2 Å². The van der Waals surface area contributed by atoms with Crippen LogP contribution in [-0.4, -0.2) is 79.4 Å². The van der Waals surface area contributed by atoms with E-state index in [1.165, 1.54) is 11.9 Å². The number of ether oxygens (including phenoxy) is 3. The lowest BCUT2D eigenvalue weighted by atomic mass is 10.2. The molecule has 0 radical (unpaired) electrons. The van der Waals surface area contributed by atoms with Crippen molar-refractivity contribution in [2.45, 2.75) is 13.0 Å². The number of hydrogen-bond donors (Lipinski definition) is 1. The SMILES string of the molecule is CN(CC(=O)OCc1ccccc1)C(=O)CNC(=O)OCOC(=O)N(C)CCc1ccccn1. The van der Waals surface area contributed by atoms with Crippen LogP contribution in [0.3, 0.4) is 0 Å². The van der Waals surface area contributed by atoms with Crippen LogP contribution in [0.25, 0.3) is 0 Å². The monoisotopic (exact) mass is 472 g/mol. The number of rotatable bonds is 11. The molecule has 0 aliphatic heterocycles. The second kappa shape index (κ2) is 14.1. The molecule has 0 saturated heterocycles. The zero-order valence-electron chi connectivity index (χ0n) is 19.1. The summed E-state index contributed by atoms with van der Waals surface area (Å²) < 4.78 is 14.7. The largest absolute Gasteiger partial charge is 0.459 e. The summed E-state index contributed by atoms with van der Waals surface area (Å²) in [5.41, 5.74) is 1.66. The number of nitrogens with one attached hydrogen (secondary N) is 1. The number of likely N-dealkylation sites (N-methyl/N-ethyl adjacent to an activating group) is 2. The Bertz CT molecular complexity index is 941. The molecule has 1 aromatic heterocycles. The molecule has 0 aliphatic carbocycles. The van der Waals surface area contributed by atoms with Gasteiger partial charge in [0, 0.05) is 39.0 Å². The van der Waals surface area contributed by atoms with Crippen LogP contribution < -0.4 is 5.32 Å². The number of hydrogen-bond acceptors (Lipinski definition) is 8. The number of esters is 1. The van der Waals surface area contributed by atoms with E-state index in [2.05, 4.69) is 10.3 Å². The summed E-state index contributed by atoms with van der Waals surface area (Å²) in [6.45, 7) is -0.821. The van der Waals surface area contributed by atoms with Crippen LogP contribution in [0.2, 0.25) is 0 Å². The van der Waals surface area contributed by atoms with Crippen molar-refractivity contribution in [3.05, 3.63) is 66.0 Å². The number of nitrogens with zero attached hydrogens (tertiary/aromatic N) is 3. The molecule has 0 aliphatic rings. The minimum Gasteiger partial charge on any atom is -0.459 e. The van der Waals surface area contributed by atoms with Crippen LogP contribution in [0.5, 0.6) is 0 Å². The molecule has 34 heavy (non-hydrogen) atoms. The molecule has 0 unspecified atom stereocenters. The van der Waals surface area contributed by atoms with Gasteiger partial charge in [-0.05, 0) is 17.7 Å². The Balaban J connectivity index is 1.57. The van der Waals surface area contributed by atoms with E-state index in [9.17, 15) is 19.2 Å². The fourth-order valence-electron chi connectivity index (χ4n) is 2.56. The van der Waals surface area contributed by atoms with E-state index >= 15 is 0 Å². The number of carbonyl (C=O) groups excluding carboxylic acids is 4. The van der Waals surface area contributed by atoms with Gasteiger partial charge in [-0.1, -0.05) is 36.4 Å². The van der Waals surface area contributed by atoms with Crippen molar-refractivity contribution in [1.82, 2.24) is 20.1 Å². The highest BCUT2D eigenvalue weighted by atomic mass is 16.7. The van der Waals surface area contributed by atoms with E-state index in [1.807, 2.05) is 42.5 Å². The maximum atomic E-state index is 12.1. The van der Waals surface area contributed by atoms with Gasteiger partial charge < -0.3 is 29.3 Å². The third kappa shape index (κ3) is 9.98. The molecule has 2 rings (SSSR count). The van der Waals surface area contributed by atoms with E-state index in [-0.39, 0.29) is 13.2 Å². The van der Waals surface area contributed by atoms with Gasteiger partial charge in [-0.3, -0.25) is 14.6 Å². The molecule has 0 bridgehead atoms. The van der Waals surface area contributed by atoms with E-state index < -0.39 is 37.4 Å². The Labute approximate surface area is 197 Å². The van der Waals surface area contributed by atoms with E-state index in [1.54, 1.807) is 19.3 Å². The Hall–Kier alpha value is -4.15. The van der Waals surface area contributed by atoms with Crippen LogP contribution in [0.4, 0.5) is 9.59 Å². The van der Waals surface area contributed by atoms with Crippen molar-refractivity contribution < 1.29 is 33.4 Å². The maximum absolute atomic E-state index is 12.1. The molecule has 0 atom stereocenters. The highest BCUT2D eigenvalue weighted by molar-refractivity contribution is 5.85. The molecule has 0 spiro atoms. The molecule has 182 valence electrons. The number of benzene rings is 1. The van der Waals surface area contributed by atoms with Crippen LogP contribution >= 0.6 is 0 Å². The summed E-state index contributed by atoms with van der Waals surface area (Å²) in [6, 6.07) is 14.6. The zero-order valence-corrected chi connectivity index (χ0v) is 19.1. The lowest BCUT2D eigenvalue weighted by Gasteiger charge is -2.17. The first kappa shape index (κ1) is 26.1. The topological polar surface area (TPSA) is 127 Å². The van der Waals surface area contributed by atoms with E-state index in [0.29, 0.717) is 13.0 Å². The second-order valence-electron chi connectivity index (χ2n) is 7.20. The summed E-state index contributed by atoms with van der Waals surface area (Å²) in [6.07, 6.45) is 0.592. The molecular formula is C23H28N4O7. The molecule has 2 aromatic rings. The standard InChI is InChI=1S/C23H28N4O7/c1-26(13-11-19-10-6-7-12-24-19)23(31)34-17-33-22(30)25-14-20(28)27(2)15-21(29)32-16-18-8-4-3-5-9-18/h3-10,12H,11,13-17H2,1-2H3,(H,25,30). The summed E-state index contributed by atoms with van der Waals surface area (Å²) in [4.78, 5) is 54.2. The summed E-state index contributed by atoms with van der Waals surface area (Å²) in [5, 5.41) is 2.23. The molecule has 0 fully saturated rings. The van der Waals surface area contributed by atoms with Crippen molar-refractivity contribution in [2.24, 2.45) is 0 Å². The highest BCUT2D eigenvalue weighted by Crippen LogP contribution is 2.01. The third-order valence-corrected chi connectivity index (χ3v) is 4.53. The van der Waals surface area contributed by atoms with Gasteiger partial charge in [0.15, 0.2) is 0 Å². The fourth-order valence-corrected chi connectivity index (χ4v) is 2.56. The molecule has 1 heterocycles. The van der Waals surface area contributed by atoms with Crippen molar-refractivity contribution in [1.29, 1.82) is 0 Å². The summed E-state index contributed by atoms with van der Waals surface area (Å²) in [5.74, 6) is -1.11. The number of carbonyl (C=O) groups is 4. The molecule has 11 nitrogen and oxygen atoms in total. The van der Waals surface area contributed by atoms with Crippen LogP contribution in [0, 0.1) is 0 Å². The molecule has 1 aromatic carbocycles. The van der Waals surface area contributed by atoms with Gasteiger partial charge in [-0.15, -0.1) is 0 Å². The summed E-state index contributed by atoms with van der Waals surface area (Å²) >= 11 is 0. The number of amides is 3. The third-order valence-electron chi connectivity index (χ3n) is 4.53. The first-order valence-electron chi connectivity index (χ1n) is 10.5. The Morgan fingerprint density at radius 2 is 1.65 bits per heavy atom. The zero-order chi connectivity index (χ0) is 24.8. The van der Waals surface area contributed by atoms with Gasteiger partial charge in [-0.2, -0.15) is 0 Å². The van der Waals surface area contributed by atoms with Gasteiger partial charge in [0.05, 0.1) is 0 Å². The van der Waals surface area contributed by atoms with Crippen molar-refractivity contribution in [2.75, 3.05) is 40.5 Å². The first-order chi connectivity index (χ1) is 16.3. The number of alkyl carbamates (subject to hydrolysis) is 1. The average molecular weight is 472 g/mol. The number of aromatic nitrogens is 1. The Kier molecular flexibility index (Phi) is 10.8. The van der Waals surface area contributed by atoms with Gasteiger partial charge in [-0.25, -0.2) is 9.59 Å². The smallest absolute Gasteiger partial charge is 0.412 e. The summed E-state index contributed by atoms with van der Waals surface area (Å²) in [7, 11) is 2.95. The Morgan fingerprint density at radius 1 is 0.912 bits per heavy atom. The van der Waals surface area contributed by atoms with Crippen molar-refractivity contribution in [3.8, 4) is 0 Å². The fraction of sp³-hybridized carbons (Fsp3) is 0.348. The first-order valence-corrected chi connectivity index (χ1v) is 10.5. The van der Waals surface area contributed by atoms with Crippen LogP contribution in [0.1, 0.15) is 11.3 Å². The second-order valence-corrected chi connectivity index (χ2v) is 7.20. The predicted molar refractivity (Wildman–Crippen MR) is 120 cm³/mol. The minimum atomic E-state index is -0.947. The normalized spacial score (nSPS) is 10.1. The van der Waals surface area contributed by atoms with Crippen molar-refractivity contribution >= 4 is 24.1 Å². The molecular weight excluding hydrogens is 444 g/mol.